The number of fused-ring (bicyclic) bond motifs is 5. The van der Waals surface area contributed by atoms with Crippen molar-refractivity contribution in [3.05, 3.63) is 23.8 Å². The van der Waals surface area contributed by atoms with Crippen LogP contribution >= 0.6 is 0 Å². The summed E-state index contributed by atoms with van der Waals surface area (Å²) in [6.07, 6.45) is 7.01. The zero-order valence-electron chi connectivity index (χ0n) is 12.0. The standard InChI is InChI=1S/C17H21N3/c1-11-2-7-15-14(8-11)18-16-19-17(10-20(15)16)9-12-3-5-13(17)6-4-12/h2,7-8,12-13H,3-6,9-10H2,1H3,(H,18,19)/t12?,13?,17-/m1/s1. The maximum absolute atomic E-state index is 5.20. The summed E-state index contributed by atoms with van der Waals surface area (Å²) in [5.74, 6) is 2.86. The summed E-state index contributed by atoms with van der Waals surface area (Å²) in [6, 6.07) is 6.69. The van der Waals surface area contributed by atoms with Crippen molar-refractivity contribution in [1.82, 2.24) is 0 Å². The Balaban J connectivity index is 1.53. The molecule has 3 saturated carbocycles. The molecule has 0 saturated heterocycles. The SMILES string of the molecule is Cc1ccc2c(c1)NC1=N[C@]3(CC4CCC3CC4)CN12. The van der Waals surface area contributed by atoms with Gasteiger partial charge in [-0.2, -0.15) is 0 Å². The summed E-state index contributed by atoms with van der Waals surface area (Å²) >= 11 is 0. The highest BCUT2D eigenvalue weighted by Crippen LogP contribution is 2.53. The van der Waals surface area contributed by atoms with Crippen LogP contribution in [-0.4, -0.2) is 18.0 Å². The lowest BCUT2D eigenvalue weighted by Crippen LogP contribution is -2.49. The largest absolute Gasteiger partial charge is 0.324 e. The predicted octanol–water partition coefficient (Wildman–Crippen LogP) is 3.55. The Hall–Kier alpha value is -1.51. The van der Waals surface area contributed by atoms with Gasteiger partial charge in [0.15, 0.2) is 0 Å². The van der Waals surface area contributed by atoms with Gasteiger partial charge < -0.3 is 10.2 Å². The third kappa shape index (κ3) is 1.33. The third-order valence-corrected chi connectivity index (χ3v) is 5.95. The fourth-order valence-corrected chi connectivity index (χ4v) is 4.96. The van der Waals surface area contributed by atoms with Crippen molar-refractivity contribution >= 4 is 17.3 Å². The number of anilines is 2. The van der Waals surface area contributed by atoms with E-state index in [0.29, 0.717) is 0 Å². The Bertz CT molecular complexity index is 613. The van der Waals surface area contributed by atoms with E-state index in [2.05, 4.69) is 35.3 Å². The van der Waals surface area contributed by atoms with Gasteiger partial charge in [-0.1, -0.05) is 18.9 Å². The molecule has 1 aromatic rings. The van der Waals surface area contributed by atoms with E-state index in [4.69, 9.17) is 4.99 Å². The van der Waals surface area contributed by atoms with Crippen molar-refractivity contribution in [1.29, 1.82) is 0 Å². The summed E-state index contributed by atoms with van der Waals surface area (Å²) in [5.41, 5.74) is 4.10. The molecule has 1 atom stereocenters. The van der Waals surface area contributed by atoms with Crippen LogP contribution in [0.1, 0.15) is 37.7 Å². The molecule has 104 valence electrons. The summed E-state index contributed by atoms with van der Waals surface area (Å²) in [4.78, 5) is 7.63. The zero-order valence-corrected chi connectivity index (χ0v) is 12.0. The molecule has 0 aromatic heterocycles. The Kier molecular flexibility index (Phi) is 2.00. The van der Waals surface area contributed by atoms with Gasteiger partial charge in [-0.05, 0) is 55.7 Å². The van der Waals surface area contributed by atoms with Gasteiger partial charge in [0.2, 0.25) is 5.96 Å². The second-order valence-corrected chi connectivity index (χ2v) is 7.19. The minimum Gasteiger partial charge on any atom is -0.324 e. The quantitative estimate of drug-likeness (QED) is 0.778. The number of hydrogen-bond donors (Lipinski definition) is 1. The van der Waals surface area contributed by atoms with Gasteiger partial charge in [0, 0.05) is 0 Å². The van der Waals surface area contributed by atoms with E-state index in [1.54, 1.807) is 0 Å². The van der Waals surface area contributed by atoms with Crippen molar-refractivity contribution < 1.29 is 0 Å². The Labute approximate surface area is 120 Å². The third-order valence-electron chi connectivity index (χ3n) is 5.95. The lowest BCUT2D eigenvalue weighted by Gasteiger charge is -2.48. The molecule has 1 aromatic carbocycles. The Morgan fingerprint density at radius 3 is 2.85 bits per heavy atom. The molecule has 2 heterocycles. The highest BCUT2D eigenvalue weighted by atomic mass is 15.4. The first-order valence-corrected chi connectivity index (χ1v) is 7.99. The second-order valence-electron chi connectivity index (χ2n) is 7.19. The van der Waals surface area contributed by atoms with Crippen molar-refractivity contribution in [3.63, 3.8) is 0 Å². The number of benzene rings is 1. The molecule has 1 spiro atoms. The van der Waals surface area contributed by atoms with Gasteiger partial charge in [0.25, 0.3) is 0 Å². The molecule has 1 N–H and O–H groups in total. The molecule has 0 unspecified atom stereocenters. The van der Waals surface area contributed by atoms with Crippen molar-refractivity contribution in [2.75, 3.05) is 16.8 Å². The lowest BCUT2D eigenvalue weighted by atomic mass is 9.60. The number of guanidine groups is 1. The molecule has 3 fully saturated rings. The van der Waals surface area contributed by atoms with E-state index in [1.807, 2.05) is 0 Å². The van der Waals surface area contributed by atoms with Gasteiger partial charge in [0.05, 0.1) is 23.5 Å². The molecular weight excluding hydrogens is 246 g/mol. The summed E-state index contributed by atoms with van der Waals surface area (Å²) < 4.78 is 0. The van der Waals surface area contributed by atoms with Crippen LogP contribution in [0.25, 0.3) is 0 Å². The van der Waals surface area contributed by atoms with Crippen LogP contribution in [0.2, 0.25) is 0 Å². The van der Waals surface area contributed by atoms with Crippen molar-refractivity contribution in [3.8, 4) is 0 Å². The number of rotatable bonds is 0. The Morgan fingerprint density at radius 2 is 2.10 bits per heavy atom. The van der Waals surface area contributed by atoms with Crippen LogP contribution in [-0.2, 0) is 0 Å². The first-order valence-electron chi connectivity index (χ1n) is 7.99. The molecule has 0 radical (unpaired) electrons. The average Bonchev–Trinajstić information content (AvgIpc) is 2.93. The molecule has 3 aliphatic carbocycles. The monoisotopic (exact) mass is 267 g/mol. The highest BCUT2D eigenvalue weighted by molar-refractivity contribution is 6.16. The fourth-order valence-electron chi connectivity index (χ4n) is 4.96. The maximum Gasteiger partial charge on any atom is 0.203 e. The maximum atomic E-state index is 5.20. The smallest absolute Gasteiger partial charge is 0.203 e. The Morgan fingerprint density at radius 1 is 1.25 bits per heavy atom. The molecule has 3 heteroatoms. The van der Waals surface area contributed by atoms with Gasteiger partial charge in [0.1, 0.15) is 0 Å². The molecule has 3 nitrogen and oxygen atoms in total. The van der Waals surface area contributed by atoms with Crippen LogP contribution in [0.3, 0.4) is 0 Å². The lowest BCUT2D eigenvalue weighted by molar-refractivity contribution is 0.0830. The van der Waals surface area contributed by atoms with Crippen molar-refractivity contribution in [2.24, 2.45) is 16.8 Å². The highest BCUT2D eigenvalue weighted by Gasteiger charge is 2.53. The molecule has 6 rings (SSSR count). The van der Waals surface area contributed by atoms with Gasteiger partial charge in [-0.15, -0.1) is 0 Å². The van der Waals surface area contributed by atoms with Gasteiger partial charge in [-0.25, -0.2) is 4.99 Å². The average molecular weight is 267 g/mol. The topological polar surface area (TPSA) is 27.6 Å². The van der Waals surface area contributed by atoms with Crippen LogP contribution in [0.5, 0.6) is 0 Å². The first kappa shape index (κ1) is 11.2. The van der Waals surface area contributed by atoms with Crippen molar-refractivity contribution in [2.45, 2.75) is 44.6 Å². The molecule has 2 aliphatic heterocycles. The first-order chi connectivity index (χ1) is 9.73. The molecular formula is C17H21N3. The van der Waals surface area contributed by atoms with E-state index >= 15 is 0 Å². The van der Waals surface area contributed by atoms with Crippen LogP contribution in [0, 0.1) is 18.8 Å². The second kappa shape index (κ2) is 3.57. The normalized spacial score (nSPS) is 36.9. The molecule has 5 aliphatic rings. The van der Waals surface area contributed by atoms with Crippen LogP contribution in [0.15, 0.2) is 23.2 Å². The minimum atomic E-state index is 0.228. The van der Waals surface area contributed by atoms with E-state index < -0.39 is 0 Å². The van der Waals surface area contributed by atoms with E-state index in [9.17, 15) is 0 Å². The number of hydrogen-bond acceptors (Lipinski definition) is 3. The van der Waals surface area contributed by atoms with E-state index in [-0.39, 0.29) is 5.54 Å². The zero-order chi connectivity index (χ0) is 13.3. The molecule has 20 heavy (non-hydrogen) atoms. The number of nitrogens with zero attached hydrogens (tertiary/aromatic N) is 2. The van der Waals surface area contributed by atoms with Crippen LogP contribution < -0.4 is 10.2 Å². The van der Waals surface area contributed by atoms with Gasteiger partial charge in [-0.3, -0.25) is 0 Å². The molecule has 2 bridgehead atoms. The number of nitrogens with one attached hydrogen (secondary N) is 1. The summed E-state index contributed by atoms with van der Waals surface area (Å²) in [7, 11) is 0. The molecule has 0 amide bonds. The number of aryl methyl sites for hydroxylation is 1. The van der Waals surface area contributed by atoms with E-state index in [1.165, 1.54) is 49.0 Å². The van der Waals surface area contributed by atoms with Crippen LogP contribution in [0.4, 0.5) is 11.4 Å². The van der Waals surface area contributed by atoms with E-state index in [0.717, 1.165) is 24.3 Å². The minimum absolute atomic E-state index is 0.228. The number of aliphatic imine (C=N–C) groups is 1. The fraction of sp³-hybridized carbons (Fsp3) is 0.588. The summed E-state index contributed by atoms with van der Waals surface area (Å²) in [5, 5.41) is 3.54. The summed E-state index contributed by atoms with van der Waals surface area (Å²) in [6.45, 7) is 3.25. The predicted molar refractivity (Wildman–Crippen MR) is 82.4 cm³/mol. The van der Waals surface area contributed by atoms with Gasteiger partial charge >= 0.3 is 0 Å².